The molecule has 0 aliphatic carbocycles. The fourth-order valence-electron chi connectivity index (χ4n) is 2.80. The molecule has 2 N–H and O–H groups in total. The first-order valence-corrected chi connectivity index (χ1v) is 10.6. The van der Waals surface area contributed by atoms with Gasteiger partial charge < -0.3 is 14.5 Å². The molecule has 1 aliphatic rings. The van der Waals surface area contributed by atoms with Gasteiger partial charge in [-0.15, -0.1) is 0 Å². The third kappa shape index (κ3) is 5.57. The first-order valence-electron chi connectivity index (χ1n) is 8.79. The van der Waals surface area contributed by atoms with Crippen LogP contribution in [0.3, 0.4) is 0 Å². The Morgan fingerprint density at radius 2 is 2.00 bits per heavy atom. The highest BCUT2D eigenvalue weighted by atomic mass is 35.5. The van der Waals surface area contributed by atoms with E-state index in [1.54, 1.807) is 18.7 Å². The summed E-state index contributed by atoms with van der Waals surface area (Å²) in [6.45, 7) is 9.89. The zero-order valence-corrected chi connectivity index (χ0v) is 17.0. The zero-order valence-electron chi connectivity index (χ0n) is 15.4. The van der Waals surface area contributed by atoms with Crippen molar-refractivity contribution in [3.05, 3.63) is 23.2 Å². The standard InChI is InChI=1S/C17H26ClN3O4S/c1-4-20-7-9-21(10-8-20)17(22)12-25-16-6-5-14(11-15(16)18)26(23,24)19-13(2)3/h5-6,11,13,19H,4,7-10,12H2,1-3H3/p+1. The molecule has 26 heavy (non-hydrogen) atoms. The molecule has 0 unspecified atom stereocenters. The van der Waals surface area contributed by atoms with Crippen molar-refractivity contribution in [2.75, 3.05) is 39.3 Å². The second-order valence-corrected chi connectivity index (χ2v) is 8.76. The Labute approximate surface area is 160 Å². The van der Waals surface area contributed by atoms with Crippen molar-refractivity contribution in [1.29, 1.82) is 0 Å². The second-order valence-electron chi connectivity index (χ2n) is 6.64. The number of carbonyl (C=O) groups is 1. The van der Waals surface area contributed by atoms with E-state index >= 15 is 0 Å². The number of benzene rings is 1. The van der Waals surface area contributed by atoms with Gasteiger partial charge in [0.25, 0.3) is 5.91 Å². The molecule has 1 saturated heterocycles. The molecule has 7 nitrogen and oxygen atoms in total. The van der Waals surface area contributed by atoms with E-state index < -0.39 is 10.0 Å². The van der Waals surface area contributed by atoms with Crippen LogP contribution in [-0.2, 0) is 14.8 Å². The number of nitrogens with zero attached hydrogens (tertiary/aromatic N) is 1. The van der Waals surface area contributed by atoms with Crippen LogP contribution in [0.4, 0.5) is 0 Å². The molecule has 1 aromatic rings. The van der Waals surface area contributed by atoms with Crippen molar-refractivity contribution in [3.63, 3.8) is 0 Å². The van der Waals surface area contributed by atoms with E-state index in [0.29, 0.717) is 5.75 Å². The number of halogens is 1. The van der Waals surface area contributed by atoms with Crippen molar-refractivity contribution < 1.29 is 22.8 Å². The monoisotopic (exact) mass is 404 g/mol. The van der Waals surface area contributed by atoms with Crippen molar-refractivity contribution in [2.45, 2.75) is 31.7 Å². The number of carbonyl (C=O) groups excluding carboxylic acids is 1. The first-order chi connectivity index (χ1) is 12.2. The molecule has 146 valence electrons. The Morgan fingerprint density at radius 3 is 2.54 bits per heavy atom. The van der Waals surface area contributed by atoms with E-state index in [4.69, 9.17) is 16.3 Å². The van der Waals surface area contributed by atoms with Crippen LogP contribution in [0.1, 0.15) is 20.8 Å². The van der Waals surface area contributed by atoms with Crippen LogP contribution >= 0.6 is 11.6 Å². The topological polar surface area (TPSA) is 80.2 Å². The van der Waals surface area contributed by atoms with Gasteiger partial charge in [0.05, 0.1) is 42.6 Å². The summed E-state index contributed by atoms with van der Waals surface area (Å²) in [6.07, 6.45) is 0. The summed E-state index contributed by atoms with van der Waals surface area (Å²) in [6, 6.07) is 4.00. The lowest BCUT2D eigenvalue weighted by Crippen LogP contribution is -3.14. The fraction of sp³-hybridized carbons (Fsp3) is 0.588. The highest BCUT2D eigenvalue weighted by molar-refractivity contribution is 7.89. The molecule has 0 radical (unpaired) electrons. The average molecular weight is 405 g/mol. The number of amides is 1. The minimum absolute atomic E-state index is 0.0635. The van der Waals surface area contributed by atoms with E-state index in [0.717, 1.165) is 32.7 Å². The van der Waals surface area contributed by atoms with E-state index in [2.05, 4.69) is 11.6 Å². The van der Waals surface area contributed by atoms with Gasteiger partial charge >= 0.3 is 0 Å². The lowest BCUT2D eigenvalue weighted by molar-refractivity contribution is -0.902. The molecule has 2 rings (SSSR count). The Morgan fingerprint density at radius 1 is 1.35 bits per heavy atom. The third-order valence-corrected chi connectivity index (χ3v) is 6.23. The molecule has 1 heterocycles. The van der Waals surface area contributed by atoms with Crippen LogP contribution in [-0.4, -0.2) is 64.6 Å². The number of sulfonamides is 1. The zero-order chi connectivity index (χ0) is 19.3. The summed E-state index contributed by atoms with van der Waals surface area (Å²) < 4.78 is 32.3. The average Bonchev–Trinajstić information content (AvgIpc) is 2.59. The van der Waals surface area contributed by atoms with Crippen molar-refractivity contribution in [2.24, 2.45) is 0 Å². The lowest BCUT2D eigenvalue weighted by Gasteiger charge is -2.31. The fourth-order valence-corrected chi connectivity index (χ4v) is 4.38. The number of quaternary nitrogens is 1. The number of rotatable bonds is 7. The van der Waals surface area contributed by atoms with E-state index in [1.807, 2.05) is 0 Å². The normalized spacial score (nSPS) is 16.1. The predicted molar refractivity (Wildman–Crippen MR) is 100 cm³/mol. The minimum Gasteiger partial charge on any atom is -0.482 e. The molecular formula is C17H27ClN3O4S+. The first kappa shape index (κ1) is 21.0. The van der Waals surface area contributed by atoms with Gasteiger partial charge in [0.2, 0.25) is 10.0 Å². The van der Waals surface area contributed by atoms with Crippen LogP contribution in [0.5, 0.6) is 5.75 Å². The lowest BCUT2D eigenvalue weighted by atomic mass is 10.3. The highest BCUT2D eigenvalue weighted by Crippen LogP contribution is 2.27. The van der Waals surface area contributed by atoms with Gasteiger partial charge in [0.15, 0.2) is 6.61 Å². The van der Waals surface area contributed by atoms with Crippen LogP contribution in [0, 0.1) is 0 Å². The number of likely N-dealkylation sites (N-methyl/N-ethyl adjacent to an activating group) is 1. The Balaban J connectivity index is 1.95. The van der Waals surface area contributed by atoms with Gasteiger partial charge in [-0.05, 0) is 39.0 Å². The summed E-state index contributed by atoms with van der Waals surface area (Å²) in [5.41, 5.74) is 0. The van der Waals surface area contributed by atoms with E-state index in [-0.39, 0.29) is 28.5 Å². The summed E-state index contributed by atoms with van der Waals surface area (Å²) >= 11 is 6.13. The van der Waals surface area contributed by atoms with Crippen LogP contribution in [0.2, 0.25) is 5.02 Å². The predicted octanol–water partition coefficient (Wildman–Crippen LogP) is 0.153. The Bertz CT molecular complexity index is 732. The van der Waals surface area contributed by atoms with Crippen molar-refractivity contribution in [1.82, 2.24) is 9.62 Å². The quantitative estimate of drug-likeness (QED) is 0.678. The molecule has 0 spiro atoms. The van der Waals surface area contributed by atoms with Crippen LogP contribution in [0.25, 0.3) is 0 Å². The smallest absolute Gasteiger partial charge is 0.260 e. The molecule has 1 aliphatic heterocycles. The number of hydrogen-bond donors (Lipinski definition) is 2. The maximum absolute atomic E-state index is 12.3. The van der Waals surface area contributed by atoms with Gasteiger partial charge in [0.1, 0.15) is 5.75 Å². The van der Waals surface area contributed by atoms with Crippen LogP contribution < -0.4 is 14.4 Å². The van der Waals surface area contributed by atoms with Gasteiger partial charge in [-0.25, -0.2) is 13.1 Å². The number of ether oxygens (including phenoxy) is 1. The van der Waals surface area contributed by atoms with E-state index in [9.17, 15) is 13.2 Å². The molecule has 0 saturated carbocycles. The summed E-state index contributed by atoms with van der Waals surface area (Å²) in [5.74, 6) is 0.204. The molecule has 0 atom stereocenters. The molecule has 1 aromatic carbocycles. The molecule has 1 amide bonds. The van der Waals surface area contributed by atoms with Crippen LogP contribution in [0.15, 0.2) is 23.1 Å². The SMILES string of the molecule is CC[NH+]1CCN(C(=O)COc2ccc(S(=O)(=O)NC(C)C)cc2Cl)CC1. The summed E-state index contributed by atoms with van der Waals surface area (Å²) in [7, 11) is -3.62. The highest BCUT2D eigenvalue weighted by Gasteiger charge is 2.23. The van der Waals surface area contributed by atoms with Gasteiger partial charge in [-0.2, -0.15) is 0 Å². The minimum atomic E-state index is -3.62. The molecule has 0 aromatic heterocycles. The van der Waals surface area contributed by atoms with Crippen molar-refractivity contribution in [3.8, 4) is 5.75 Å². The summed E-state index contributed by atoms with van der Waals surface area (Å²) in [5, 5.41) is 0.157. The Hall–Kier alpha value is -1.35. The van der Waals surface area contributed by atoms with Gasteiger partial charge in [0, 0.05) is 6.04 Å². The number of hydrogen-bond acceptors (Lipinski definition) is 4. The van der Waals surface area contributed by atoms with Crippen molar-refractivity contribution >= 4 is 27.5 Å². The third-order valence-electron chi connectivity index (χ3n) is 4.28. The molecule has 1 fully saturated rings. The largest absolute Gasteiger partial charge is 0.482 e. The number of piperazine rings is 1. The molecular weight excluding hydrogens is 378 g/mol. The Kier molecular flexibility index (Phi) is 7.28. The maximum Gasteiger partial charge on any atom is 0.260 e. The number of nitrogens with one attached hydrogen (secondary N) is 2. The van der Waals surface area contributed by atoms with Gasteiger partial charge in [-0.3, -0.25) is 4.79 Å². The maximum atomic E-state index is 12.3. The second kappa shape index (κ2) is 9.03. The van der Waals surface area contributed by atoms with E-state index in [1.165, 1.54) is 23.1 Å². The summed E-state index contributed by atoms with van der Waals surface area (Å²) in [4.78, 5) is 15.6. The molecule has 9 heteroatoms. The molecule has 0 bridgehead atoms. The van der Waals surface area contributed by atoms with Gasteiger partial charge in [-0.1, -0.05) is 11.6 Å².